The zero-order valence-corrected chi connectivity index (χ0v) is 26.5. The highest BCUT2D eigenvalue weighted by molar-refractivity contribution is 9.10. The number of hydroxylamine groups is 4. The third-order valence-corrected chi connectivity index (χ3v) is 7.52. The van der Waals surface area contributed by atoms with Gasteiger partial charge in [0.15, 0.2) is 0 Å². The van der Waals surface area contributed by atoms with E-state index in [2.05, 4.69) is 31.9 Å². The first-order valence-corrected chi connectivity index (χ1v) is 15.2. The number of rotatable bonds is 18. The van der Waals surface area contributed by atoms with E-state index in [4.69, 9.17) is 28.6 Å². The number of ether oxygens (including phenoxy) is 4. The van der Waals surface area contributed by atoms with Gasteiger partial charge in [-0.3, -0.25) is 28.9 Å². The minimum atomic E-state index is -0.732. The maximum atomic E-state index is 13.4. The van der Waals surface area contributed by atoms with Crippen LogP contribution in [0.5, 0.6) is 0 Å². The van der Waals surface area contributed by atoms with E-state index in [1.807, 2.05) is 13.8 Å². The van der Waals surface area contributed by atoms with Gasteiger partial charge in [-0.25, -0.2) is 0 Å². The lowest BCUT2D eigenvalue weighted by molar-refractivity contribution is -0.111. The zero-order chi connectivity index (χ0) is 30.2. The summed E-state index contributed by atoms with van der Waals surface area (Å²) in [5.74, 6) is -2.92. The van der Waals surface area contributed by atoms with Gasteiger partial charge in [-0.05, 0) is 56.8 Å². The first-order valence-electron chi connectivity index (χ1n) is 13.7. The fraction of sp³-hybridized carbons (Fsp3) is 0.500. The van der Waals surface area contributed by atoms with E-state index < -0.39 is 23.6 Å². The van der Waals surface area contributed by atoms with Gasteiger partial charge in [0.2, 0.25) is 0 Å². The third-order valence-electron chi connectivity index (χ3n) is 6.27. The van der Waals surface area contributed by atoms with Crippen molar-refractivity contribution in [1.82, 2.24) is 10.1 Å². The summed E-state index contributed by atoms with van der Waals surface area (Å²) in [7, 11) is 0. The van der Waals surface area contributed by atoms with Crippen molar-refractivity contribution in [2.45, 2.75) is 26.7 Å². The highest BCUT2D eigenvalue weighted by Crippen LogP contribution is 2.44. The van der Waals surface area contributed by atoms with E-state index >= 15 is 0 Å². The molecule has 0 saturated carbocycles. The lowest BCUT2D eigenvalue weighted by Gasteiger charge is -2.32. The van der Waals surface area contributed by atoms with E-state index in [0.29, 0.717) is 49.8 Å². The number of benzene rings is 2. The molecule has 0 atom stereocenters. The average molecular weight is 716 g/mol. The highest BCUT2D eigenvalue weighted by Gasteiger charge is 2.43. The molecular formula is C28H32Br2N2O10. The summed E-state index contributed by atoms with van der Waals surface area (Å²) < 4.78 is 22.1. The largest absolute Gasteiger partial charge is 0.379 e. The monoisotopic (exact) mass is 714 g/mol. The average Bonchev–Trinajstić information content (AvgIpc) is 2.96. The van der Waals surface area contributed by atoms with Gasteiger partial charge >= 0.3 is 0 Å². The van der Waals surface area contributed by atoms with Crippen LogP contribution in [0.3, 0.4) is 0 Å². The Morgan fingerprint density at radius 2 is 0.857 bits per heavy atom. The van der Waals surface area contributed by atoms with Gasteiger partial charge in [0.05, 0.1) is 75.1 Å². The molecule has 14 heteroatoms. The molecule has 0 bridgehead atoms. The van der Waals surface area contributed by atoms with Crippen LogP contribution in [0, 0.1) is 0 Å². The Morgan fingerprint density at radius 3 is 1.21 bits per heavy atom. The van der Waals surface area contributed by atoms with Gasteiger partial charge in [-0.15, -0.1) is 10.1 Å². The van der Waals surface area contributed by atoms with Crippen molar-refractivity contribution in [2.24, 2.45) is 0 Å². The number of hydrogen-bond acceptors (Lipinski definition) is 10. The molecule has 4 amide bonds. The summed E-state index contributed by atoms with van der Waals surface area (Å²) in [4.78, 5) is 64.8. The van der Waals surface area contributed by atoms with E-state index in [1.54, 1.807) is 0 Å². The molecule has 2 aliphatic rings. The number of nitrogens with zero attached hydrogens (tertiary/aromatic N) is 2. The van der Waals surface area contributed by atoms with Crippen LogP contribution in [0.2, 0.25) is 0 Å². The number of carbonyl (C=O) groups is 4. The van der Waals surface area contributed by atoms with Crippen molar-refractivity contribution in [1.29, 1.82) is 0 Å². The molecule has 0 aliphatic carbocycles. The van der Waals surface area contributed by atoms with E-state index in [0.717, 1.165) is 12.8 Å². The summed E-state index contributed by atoms with van der Waals surface area (Å²) >= 11 is 6.77. The standard InChI is InChI=1S/C28H32Br2N2O10/c1-3-5-37-7-9-39-11-13-41-31-25(33)17-15-20(30)24-22-18(16-19(29)23(21(17)22)27(31)35)26(34)32(28(24)36)42-14-12-40-10-8-38-6-4-2/h15-16H,3-14H2,1-2H3. The Kier molecular flexibility index (Phi) is 12.0. The Bertz CT molecular complexity index is 1250. The highest BCUT2D eigenvalue weighted by atomic mass is 79.9. The summed E-state index contributed by atoms with van der Waals surface area (Å²) in [5, 5.41) is 1.72. The van der Waals surface area contributed by atoms with Gasteiger partial charge in [-0.1, -0.05) is 13.8 Å². The molecule has 4 rings (SSSR count). The molecule has 2 aliphatic heterocycles. The normalized spacial score (nSPS) is 14.6. The summed E-state index contributed by atoms with van der Waals surface area (Å²) in [5.41, 5.74) is 0.389. The van der Waals surface area contributed by atoms with E-state index in [-0.39, 0.29) is 68.4 Å². The van der Waals surface area contributed by atoms with Gasteiger partial charge < -0.3 is 18.9 Å². The molecule has 0 spiro atoms. The predicted molar refractivity (Wildman–Crippen MR) is 156 cm³/mol. The van der Waals surface area contributed by atoms with Crippen LogP contribution in [0.1, 0.15) is 68.1 Å². The second-order valence-corrected chi connectivity index (χ2v) is 10.9. The first kappa shape index (κ1) is 32.6. The number of hydrogen-bond donors (Lipinski definition) is 0. The smallest absolute Gasteiger partial charge is 0.286 e. The second-order valence-electron chi connectivity index (χ2n) is 9.24. The SMILES string of the molecule is CCCOCCOCCON1C(=O)c2cc(Br)c3c4c(cc(Br)c(c24)C1=O)C(=O)N(OCCOCCOCCC)C3=O. The summed E-state index contributed by atoms with van der Waals surface area (Å²) in [6.07, 6.45) is 1.82. The van der Waals surface area contributed by atoms with Gasteiger partial charge in [0.1, 0.15) is 0 Å². The molecule has 12 nitrogen and oxygen atoms in total. The molecule has 2 heterocycles. The zero-order valence-electron chi connectivity index (χ0n) is 23.4. The van der Waals surface area contributed by atoms with E-state index in [9.17, 15) is 19.2 Å². The molecule has 2 aromatic rings. The molecule has 0 N–H and O–H groups in total. The van der Waals surface area contributed by atoms with Gasteiger partial charge in [0.25, 0.3) is 23.6 Å². The van der Waals surface area contributed by atoms with Crippen molar-refractivity contribution >= 4 is 66.3 Å². The second kappa shape index (κ2) is 15.4. The lowest BCUT2D eigenvalue weighted by Crippen LogP contribution is -2.44. The number of amides is 4. The summed E-state index contributed by atoms with van der Waals surface area (Å²) in [6, 6.07) is 2.88. The maximum absolute atomic E-state index is 13.4. The minimum absolute atomic E-state index is 0.0581. The Hall–Kier alpha value is -2.30. The van der Waals surface area contributed by atoms with Crippen LogP contribution in [0.25, 0.3) is 10.8 Å². The van der Waals surface area contributed by atoms with Crippen LogP contribution >= 0.6 is 31.9 Å². The van der Waals surface area contributed by atoms with Crippen LogP contribution in [-0.4, -0.2) is 99.8 Å². The number of imide groups is 2. The topological polar surface area (TPSA) is 130 Å². The maximum Gasteiger partial charge on any atom is 0.286 e. The molecule has 0 unspecified atom stereocenters. The van der Waals surface area contributed by atoms with Crippen molar-refractivity contribution in [3.63, 3.8) is 0 Å². The van der Waals surface area contributed by atoms with Crippen LogP contribution in [-0.2, 0) is 28.6 Å². The Labute approximate surface area is 259 Å². The fourth-order valence-electron chi connectivity index (χ4n) is 4.47. The van der Waals surface area contributed by atoms with Crippen molar-refractivity contribution < 1.29 is 47.8 Å². The Morgan fingerprint density at radius 1 is 0.524 bits per heavy atom. The third kappa shape index (κ3) is 6.91. The molecule has 0 radical (unpaired) electrons. The predicted octanol–water partition coefficient (Wildman–Crippen LogP) is 4.31. The molecule has 0 saturated heterocycles. The van der Waals surface area contributed by atoms with Gasteiger partial charge in [-0.2, -0.15) is 0 Å². The molecular weight excluding hydrogens is 684 g/mol. The van der Waals surface area contributed by atoms with Gasteiger partial charge in [0, 0.05) is 32.9 Å². The molecule has 0 fully saturated rings. The minimum Gasteiger partial charge on any atom is -0.379 e. The van der Waals surface area contributed by atoms with Crippen molar-refractivity contribution in [2.75, 3.05) is 66.1 Å². The van der Waals surface area contributed by atoms with E-state index in [1.165, 1.54) is 12.1 Å². The summed E-state index contributed by atoms with van der Waals surface area (Å²) in [6.45, 7) is 7.00. The van der Waals surface area contributed by atoms with Crippen LogP contribution < -0.4 is 0 Å². The quantitative estimate of drug-likeness (QED) is 0.163. The fourth-order valence-corrected chi connectivity index (χ4v) is 5.67. The lowest BCUT2D eigenvalue weighted by atomic mass is 9.87. The van der Waals surface area contributed by atoms with Crippen LogP contribution in [0.4, 0.5) is 0 Å². The van der Waals surface area contributed by atoms with Crippen molar-refractivity contribution in [3.8, 4) is 0 Å². The number of carbonyl (C=O) groups excluding carboxylic acids is 4. The van der Waals surface area contributed by atoms with Crippen molar-refractivity contribution in [3.05, 3.63) is 43.3 Å². The number of halogens is 2. The molecule has 0 aromatic heterocycles. The Balaban J connectivity index is 1.50. The molecule has 42 heavy (non-hydrogen) atoms. The first-order chi connectivity index (χ1) is 20.3. The molecule has 2 aromatic carbocycles. The molecule has 228 valence electrons. The van der Waals surface area contributed by atoms with Crippen LogP contribution in [0.15, 0.2) is 21.1 Å².